The number of benzene rings is 4. The maximum atomic E-state index is 5.89. The molecule has 4 aromatic rings. The summed E-state index contributed by atoms with van der Waals surface area (Å²) in [6.07, 6.45) is 16.1. The fraction of sp³-hybridized carbons (Fsp3) is 0. The molecule has 4 aromatic carbocycles. The Hall–Kier alpha value is -4.32. The molecule has 0 fully saturated rings. The average Bonchev–Trinajstić information content (AvgIpc) is 2.73. The van der Waals surface area contributed by atoms with Crippen LogP contribution in [0.5, 0.6) is 0 Å². The van der Waals surface area contributed by atoms with Gasteiger partial charge in [0.2, 0.25) is 0 Å². The molecule has 4 N–H and O–H groups in total. The molecule has 2 nitrogen and oxygen atoms in total. The number of terminal acetylenes is 3. The molecule has 2 heteroatoms. The summed E-state index contributed by atoms with van der Waals surface area (Å²) in [5.41, 5.74) is 15.6. The highest BCUT2D eigenvalue weighted by molar-refractivity contribution is 5.97. The van der Waals surface area contributed by atoms with E-state index < -0.39 is 0 Å². The van der Waals surface area contributed by atoms with Crippen molar-refractivity contribution < 1.29 is 0 Å². The van der Waals surface area contributed by atoms with Crippen LogP contribution in [0.1, 0.15) is 16.7 Å². The van der Waals surface area contributed by atoms with E-state index in [0.29, 0.717) is 5.69 Å². The number of fused-ring (bicyclic) bond motifs is 2. The minimum absolute atomic E-state index is 0.664. The number of nitrogen functional groups attached to an aromatic ring is 2. The lowest BCUT2D eigenvalue weighted by atomic mass is 10.0. The van der Waals surface area contributed by atoms with E-state index in [1.165, 1.54) is 0 Å². The van der Waals surface area contributed by atoms with Gasteiger partial charge < -0.3 is 11.5 Å². The van der Waals surface area contributed by atoms with Crippen LogP contribution in [-0.2, 0) is 0 Å². The second kappa shape index (κ2) is 7.92. The van der Waals surface area contributed by atoms with Gasteiger partial charge in [0.25, 0.3) is 0 Å². The molecule has 0 spiro atoms. The van der Waals surface area contributed by atoms with Crippen molar-refractivity contribution in [1.82, 2.24) is 0 Å². The first-order chi connectivity index (χ1) is 13.6. The summed E-state index contributed by atoms with van der Waals surface area (Å²) in [6.45, 7) is 0. The van der Waals surface area contributed by atoms with Gasteiger partial charge in [-0.1, -0.05) is 48.1 Å². The van der Waals surface area contributed by atoms with Crippen molar-refractivity contribution in [3.05, 3.63) is 83.4 Å². The van der Waals surface area contributed by atoms with Crippen LogP contribution in [0.3, 0.4) is 0 Å². The minimum Gasteiger partial charge on any atom is -0.398 e. The van der Waals surface area contributed by atoms with Gasteiger partial charge in [-0.3, -0.25) is 0 Å². The molecule has 0 saturated heterocycles. The number of hydrogen-bond donors (Lipinski definition) is 2. The summed E-state index contributed by atoms with van der Waals surface area (Å²) in [5.74, 6) is 7.78. The number of rotatable bonds is 0. The molecule has 28 heavy (non-hydrogen) atoms. The highest BCUT2D eigenvalue weighted by Gasteiger charge is 2.03. The second-order valence-corrected chi connectivity index (χ2v) is 6.18. The molecular weight excluding hydrogens is 340 g/mol. The predicted octanol–water partition coefficient (Wildman–Crippen LogP) is 4.79. The zero-order chi connectivity index (χ0) is 20.1. The molecule has 0 radical (unpaired) electrons. The maximum absolute atomic E-state index is 5.89. The van der Waals surface area contributed by atoms with Crippen LogP contribution in [0.15, 0.2) is 66.7 Å². The third kappa shape index (κ3) is 3.61. The van der Waals surface area contributed by atoms with E-state index >= 15 is 0 Å². The lowest BCUT2D eigenvalue weighted by Crippen LogP contribution is -1.90. The Labute approximate surface area is 165 Å². The zero-order valence-corrected chi connectivity index (χ0v) is 15.2. The largest absolute Gasteiger partial charge is 0.398 e. The van der Waals surface area contributed by atoms with Crippen molar-refractivity contribution in [2.75, 3.05) is 11.5 Å². The Morgan fingerprint density at radius 1 is 0.571 bits per heavy atom. The molecule has 0 heterocycles. The monoisotopic (exact) mass is 358 g/mol. The Bertz CT molecular complexity index is 1310. The van der Waals surface area contributed by atoms with Gasteiger partial charge in [-0.05, 0) is 41.8 Å². The highest BCUT2D eigenvalue weighted by Crippen LogP contribution is 2.25. The quantitative estimate of drug-likeness (QED) is 0.351. The van der Waals surface area contributed by atoms with Crippen LogP contribution >= 0.6 is 0 Å². The van der Waals surface area contributed by atoms with Crippen molar-refractivity contribution in [1.29, 1.82) is 0 Å². The van der Waals surface area contributed by atoms with Gasteiger partial charge in [-0.25, -0.2) is 0 Å². The lowest BCUT2D eigenvalue weighted by molar-refractivity contribution is 1.66. The Morgan fingerprint density at radius 3 is 2.00 bits per heavy atom. The summed E-state index contributed by atoms with van der Waals surface area (Å²) in [7, 11) is 0. The molecule has 0 bridgehead atoms. The van der Waals surface area contributed by atoms with Crippen LogP contribution in [0.2, 0.25) is 0 Å². The number of anilines is 2. The SMILES string of the molecule is C#Cc1cc(N)c2cccc(C#C)c2c1.C#Cc1ccc2cccc(N)c2c1. The number of hydrogen-bond acceptors (Lipinski definition) is 2. The molecule has 0 atom stereocenters. The predicted molar refractivity (Wildman–Crippen MR) is 121 cm³/mol. The van der Waals surface area contributed by atoms with Crippen LogP contribution in [-0.4, -0.2) is 0 Å². The molecule has 132 valence electrons. The van der Waals surface area contributed by atoms with Gasteiger partial charge in [-0.2, -0.15) is 0 Å². The summed E-state index contributed by atoms with van der Waals surface area (Å²) >= 11 is 0. The molecule has 4 rings (SSSR count). The molecule has 0 aliphatic rings. The Morgan fingerprint density at radius 2 is 1.29 bits per heavy atom. The van der Waals surface area contributed by atoms with E-state index in [1.54, 1.807) is 6.07 Å². The average molecular weight is 358 g/mol. The lowest BCUT2D eigenvalue weighted by Gasteiger charge is -2.05. The molecule has 0 amide bonds. The third-order valence-corrected chi connectivity index (χ3v) is 4.43. The molecule has 0 aliphatic carbocycles. The molecule has 0 saturated carbocycles. The van der Waals surface area contributed by atoms with Crippen molar-refractivity contribution in [2.45, 2.75) is 0 Å². The zero-order valence-electron chi connectivity index (χ0n) is 15.2. The van der Waals surface area contributed by atoms with Gasteiger partial charge >= 0.3 is 0 Å². The third-order valence-electron chi connectivity index (χ3n) is 4.43. The van der Waals surface area contributed by atoms with Crippen molar-refractivity contribution in [2.24, 2.45) is 0 Å². The van der Waals surface area contributed by atoms with Gasteiger partial charge in [0.1, 0.15) is 0 Å². The summed E-state index contributed by atoms with van der Waals surface area (Å²) in [5, 5.41) is 4.04. The molecular formula is C26H18N2. The highest BCUT2D eigenvalue weighted by atomic mass is 14.6. The van der Waals surface area contributed by atoms with Crippen molar-refractivity contribution >= 4 is 32.9 Å². The first-order valence-corrected chi connectivity index (χ1v) is 8.57. The Balaban J connectivity index is 0.000000162. The molecule has 0 aliphatic heterocycles. The smallest absolute Gasteiger partial charge is 0.0406 e. The normalized spacial score (nSPS) is 9.61. The van der Waals surface area contributed by atoms with Gasteiger partial charge in [0.05, 0.1) is 0 Å². The van der Waals surface area contributed by atoms with Gasteiger partial charge in [0, 0.05) is 44.2 Å². The van der Waals surface area contributed by atoms with Crippen LogP contribution in [0.25, 0.3) is 21.5 Å². The first kappa shape index (κ1) is 18.5. The van der Waals surface area contributed by atoms with Crippen molar-refractivity contribution in [3.8, 4) is 37.0 Å². The summed E-state index contributed by atoms with van der Waals surface area (Å²) < 4.78 is 0. The van der Waals surface area contributed by atoms with E-state index in [2.05, 4.69) is 17.8 Å². The topological polar surface area (TPSA) is 52.0 Å². The van der Waals surface area contributed by atoms with Gasteiger partial charge in [0.15, 0.2) is 0 Å². The van der Waals surface area contributed by atoms with E-state index in [9.17, 15) is 0 Å². The fourth-order valence-electron chi connectivity index (χ4n) is 3.01. The number of nitrogens with two attached hydrogens (primary N) is 2. The summed E-state index contributed by atoms with van der Waals surface area (Å²) in [4.78, 5) is 0. The van der Waals surface area contributed by atoms with Crippen LogP contribution in [0, 0.1) is 37.0 Å². The van der Waals surface area contributed by atoms with E-state index in [0.717, 1.165) is 43.9 Å². The van der Waals surface area contributed by atoms with E-state index in [1.807, 2.05) is 60.7 Å². The summed E-state index contributed by atoms with van der Waals surface area (Å²) in [6, 6.07) is 21.1. The van der Waals surface area contributed by atoms with E-state index in [4.69, 9.17) is 30.7 Å². The Kier molecular flexibility index (Phi) is 5.23. The van der Waals surface area contributed by atoms with Crippen LogP contribution in [0.4, 0.5) is 11.4 Å². The first-order valence-electron chi connectivity index (χ1n) is 8.57. The maximum Gasteiger partial charge on any atom is 0.0406 e. The molecule has 0 aromatic heterocycles. The minimum atomic E-state index is 0.664. The standard InChI is InChI=1S/C14H9N.C12H9N/c1-3-10-8-13-11(4-2)6-5-7-12(13)14(15)9-10;1-2-9-6-7-10-4-3-5-12(13)11(10)8-9/h1-2,5-9H,15H2;1,3-8H,13H2. The molecule has 0 unspecified atom stereocenters. The second-order valence-electron chi connectivity index (χ2n) is 6.18. The van der Waals surface area contributed by atoms with Gasteiger partial charge in [-0.15, -0.1) is 19.3 Å². The fourth-order valence-corrected chi connectivity index (χ4v) is 3.01. The van der Waals surface area contributed by atoms with E-state index in [-0.39, 0.29) is 0 Å². The van der Waals surface area contributed by atoms with Crippen LogP contribution < -0.4 is 11.5 Å². The van der Waals surface area contributed by atoms with Crippen molar-refractivity contribution in [3.63, 3.8) is 0 Å².